The molecule has 1 rings (SSSR count). The minimum absolute atomic E-state index is 0.0185. The Morgan fingerprint density at radius 3 is 2.78 bits per heavy atom. The number of aromatic nitrogens is 2. The third-order valence-electron chi connectivity index (χ3n) is 0.860. The van der Waals surface area contributed by atoms with E-state index in [4.69, 9.17) is 5.11 Å². The molecular formula is C5H5N2O2. The first-order valence-electron chi connectivity index (χ1n) is 2.30. The molecule has 1 aromatic rings. The molecule has 0 saturated carbocycles. The van der Waals surface area contributed by atoms with Crippen LogP contribution in [0.2, 0.25) is 0 Å². The summed E-state index contributed by atoms with van der Waals surface area (Å²) in [6.45, 7) is 0. The van der Waals surface area contributed by atoms with Crippen LogP contribution in [0.5, 0.6) is 0 Å². The van der Waals surface area contributed by atoms with Crippen molar-refractivity contribution in [2.45, 2.75) is 0 Å². The van der Waals surface area contributed by atoms with Gasteiger partial charge in [-0.15, -0.1) is 0 Å². The van der Waals surface area contributed by atoms with E-state index in [1.165, 1.54) is 16.9 Å². The first-order valence-corrected chi connectivity index (χ1v) is 2.30. The minimum Gasteiger partial charge on any atom is -0.476 e. The molecule has 1 heterocycles. The minimum atomic E-state index is -1.03. The fourth-order valence-corrected chi connectivity index (χ4v) is 0.476. The van der Waals surface area contributed by atoms with Crippen molar-refractivity contribution < 1.29 is 9.90 Å². The van der Waals surface area contributed by atoms with Gasteiger partial charge in [-0.2, -0.15) is 5.10 Å². The highest BCUT2D eigenvalue weighted by Crippen LogP contribution is 1.92. The largest absolute Gasteiger partial charge is 0.476 e. The van der Waals surface area contributed by atoms with Gasteiger partial charge in [0.1, 0.15) is 0 Å². The highest BCUT2D eigenvalue weighted by molar-refractivity contribution is 5.84. The van der Waals surface area contributed by atoms with Crippen molar-refractivity contribution in [3.8, 4) is 0 Å². The molecule has 0 aromatic carbocycles. The van der Waals surface area contributed by atoms with Gasteiger partial charge in [0.15, 0.2) is 5.69 Å². The Bertz CT molecular complexity index is 229. The molecule has 47 valence electrons. The smallest absolute Gasteiger partial charge is 0.356 e. The predicted octanol–water partition coefficient (Wildman–Crippen LogP) is 0.221. The maximum atomic E-state index is 10.1. The number of rotatable bonds is 1. The Kier molecular flexibility index (Phi) is 1.22. The van der Waals surface area contributed by atoms with Gasteiger partial charge in [-0.05, 0) is 6.07 Å². The normalized spacial score (nSPS) is 9.44. The van der Waals surface area contributed by atoms with Gasteiger partial charge in [-0.25, -0.2) is 4.79 Å². The van der Waals surface area contributed by atoms with Crippen molar-refractivity contribution in [2.24, 2.45) is 0 Å². The number of carbonyl (C=O) groups is 1. The van der Waals surface area contributed by atoms with Crippen molar-refractivity contribution in [1.29, 1.82) is 0 Å². The number of aromatic carboxylic acids is 1. The van der Waals surface area contributed by atoms with Gasteiger partial charge in [0.05, 0.1) is 7.05 Å². The van der Waals surface area contributed by atoms with E-state index in [1.54, 1.807) is 0 Å². The second-order valence-electron chi connectivity index (χ2n) is 1.55. The SMILES string of the molecule is [CH2]n1ccc(C(=O)O)n1. The van der Waals surface area contributed by atoms with Crippen LogP contribution < -0.4 is 0 Å². The molecular weight excluding hydrogens is 120 g/mol. The van der Waals surface area contributed by atoms with Gasteiger partial charge in [-0.1, -0.05) is 0 Å². The second-order valence-corrected chi connectivity index (χ2v) is 1.55. The summed E-state index contributed by atoms with van der Waals surface area (Å²) in [6.07, 6.45) is 1.48. The topological polar surface area (TPSA) is 55.1 Å². The highest BCUT2D eigenvalue weighted by Gasteiger charge is 2.03. The molecule has 0 saturated heterocycles. The summed E-state index contributed by atoms with van der Waals surface area (Å²) < 4.78 is 1.20. The number of nitrogens with zero attached hydrogens (tertiary/aromatic N) is 2. The second kappa shape index (κ2) is 1.89. The predicted molar refractivity (Wildman–Crippen MR) is 29.9 cm³/mol. The van der Waals surface area contributed by atoms with Crippen LogP contribution in [-0.4, -0.2) is 20.9 Å². The summed E-state index contributed by atoms with van der Waals surface area (Å²) in [4.78, 5) is 10.1. The van der Waals surface area contributed by atoms with Crippen LogP contribution in [0, 0.1) is 7.05 Å². The average Bonchev–Trinajstić information content (AvgIpc) is 2.14. The number of hydrogen-bond acceptors (Lipinski definition) is 2. The van der Waals surface area contributed by atoms with E-state index in [0.717, 1.165) is 0 Å². The molecule has 0 aliphatic carbocycles. The first kappa shape index (κ1) is 5.81. The lowest BCUT2D eigenvalue weighted by molar-refractivity contribution is 0.0690. The fraction of sp³-hybridized carbons (Fsp3) is 0. The van der Waals surface area contributed by atoms with E-state index in [0.29, 0.717) is 0 Å². The van der Waals surface area contributed by atoms with E-state index >= 15 is 0 Å². The molecule has 1 radical (unpaired) electrons. The first-order chi connectivity index (χ1) is 4.20. The quantitative estimate of drug-likeness (QED) is 0.584. The zero-order valence-corrected chi connectivity index (χ0v) is 4.61. The van der Waals surface area contributed by atoms with Gasteiger partial charge < -0.3 is 5.11 Å². The van der Waals surface area contributed by atoms with Crippen LogP contribution in [0.25, 0.3) is 0 Å². The van der Waals surface area contributed by atoms with Crippen LogP contribution in [0.3, 0.4) is 0 Å². The number of carboxylic acids is 1. The van der Waals surface area contributed by atoms with Crippen molar-refractivity contribution >= 4 is 5.97 Å². The maximum Gasteiger partial charge on any atom is 0.356 e. The standard InChI is InChI=1S/C5H5N2O2/c1-7-3-2-4(6-7)5(8)9/h2-3H,1H2,(H,8,9). The molecule has 1 N–H and O–H groups in total. The average molecular weight is 125 g/mol. The van der Waals surface area contributed by atoms with E-state index in [9.17, 15) is 4.79 Å². The molecule has 0 aliphatic heterocycles. The molecule has 9 heavy (non-hydrogen) atoms. The highest BCUT2D eigenvalue weighted by atomic mass is 16.4. The molecule has 0 bridgehead atoms. The van der Waals surface area contributed by atoms with Crippen molar-refractivity contribution in [2.75, 3.05) is 0 Å². The Hall–Kier alpha value is -1.32. The van der Waals surface area contributed by atoms with Crippen LogP contribution in [-0.2, 0) is 0 Å². The summed E-state index contributed by atoms with van der Waals surface area (Å²) in [7, 11) is 3.37. The molecule has 0 atom stereocenters. The van der Waals surface area contributed by atoms with E-state index in [-0.39, 0.29) is 5.69 Å². The van der Waals surface area contributed by atoms with Crippen molar-refractivity contribution in [1.82, 2.24) is 9.78 Å². The summed E-state index contributed by atoms with van der Waals surface area (Å²) in [5.74, 6) is -1.03. The lowest BCUT2D eigenvalue weighted by atomic mass is 10.5. The monoisotopic (exact) mass is 125 g/mol. The lowest BCUT2D eigenvalue weighted by Gasteiger charge is -1.82. The molecule has 1 aromatic heterocycles. The fourth-order valence-electron chi connectivity index (χ4n) is 0.476. The van der Waals surface area contributed by atoms with E-state index < -0.39 is 5.97 Å². The Morgan fingerprint density at radius 1 is 1.89 bits per heavy atom. The zero-order valence-electron chi connectivity index (χ0n) is 4.61. The van der Waals surface area contributed by atoms with Gasteiger partial charge >= 0.3 is 5.97 Å². The number of carboxylic acid groups (broad SMARTS) is 1. The van der Waals surface area contributed by atoms with E-state index in [2.05, 4.69) is 12.1 Å². The van der Waals surface area contributed by atoms with Gasteiger partial charge in [-0.3, -0.25) is 4.68 Å². The molecule has 4 heteroatoms. The van der Waals surface area contributed by atoms with Crippen molar-refractivity contribution in [3.05, 3.63) is 25.0 Å². The third-order valence-corrected chi connectivity index (χ3v) is 0.860. The molecule has 0 aliphatic rings. The molecule has 0 spiro atoms. The molecule has 0 amide bonds. The molecule has 0 fully saturated rings. The Labute approximate surface area is 51.7 Å². The summed E-state index contributed by atoms with van der Waals surface area (Å²) >= 11 is 0. The molecule has 0 unspecified atom stereocenters. The molecule has 4 nitrogen and oxygen atoms in total. The van der Waals surface area contributed by atoms with E-state index in [1.807, 2.05) is 0 Å². The summed E-state index contributed by atoms with van der Waals surface area (Å²) in [6, 6.07) is 1.38. The van der Waals surface area contributed by atoms with Gasteiger partial charge in [0.25, 0.3) is 0 Å². The van der Waals surface area contributed by atoms with Crippen molar-refractivity contribution in [3.63, 3.8) is 0 Å². The summed E-state index contributed by atoms with van der Waals surface area (Å²) in [5, 5.41) is 11.8. The lowest BCUT2D eigenvalue weighted by Crippen LogP contribution is -1.97. The van der Waals surface area contributed by atoms with Crippen LogP contribution >= 0.6 is 0 Å². The Balaban J connectivity index is 2.98. The van der Waals surface area contributed by atoms with Gasteiger partial charge in [0.2, 0.25) is 0 Å². The summed E-state index contributed by atoms with van der Waals surface area (Å²) in [5.41, 5.74) is 0.0185. The van der Waals surface area contributed by atoms with Gasteiger partial charge in [0, 0.05) is 6.20 Å². The van der Waals surface area contributed by atoms with Crippen LogP contribution in [0.4, 0.5) is 0 Å². The third kappa shape index (κ3) is 1.07. The van der Waals surface area contributed by atoms with Crippen LogP contribution in [0.1, 0.15) is 10.5 Å². The Morgan fingerprint density at radius 2 is 2.56 bits per heavy atom. The maximum absolute atomic E-state index is 10.1. The van der Waals surface area contributed by atoms with Crippen LogP contribution in [0.15, 0.2) is 12.3 Å². The zero-order chi connectivity index (χ0) is 6.85. The number of hydrogen-bond donors (Lipinski definition) is 1.